The lowest BCUT2D eigenvalue weighted by Crippen LogP contribution is -2.33. The molecule has 27 heavy (non-hydrogen) atoms. The highest BCUT2D eigenvalue weighted by Gasteiger charge is 2.09. The summed E-state index contributed by atoms with van der Waals surface area (Å²) in [5.41, 5.74) is 0.351. The zero-order valence-electron chi connectivity index (χ0n) is 15.0. The van der Waals surface area contributed by atoms with Gasteiger partial charge in [-0.05, 0) is 30.2 Å². The first kappa shape index (κ1) is 18.4. The van der Waals surface area contributed by atoms with Crippen LogP contribution in [0.15, 0.2) is 58.1 Å². The van der Waals surface area contributed by atoms with Crippen LogP contribution in [0.5, 0.6) is 5.75 Å². The van der Waals surface area contributed by atoms with Gasteiger partial charge in [-0.25, -0.2) is 4.68 Å². The molecule has 140 valence electrons. The number of carbonyl (C=O) groups excluding carboxylic acids is 1. The normalized spacial score (nSPS) is 10.7. The zero-order valence-corrected chi connectivity index (χ0v) is 15.0. The Hall–Kier alpha value is -3.35. The molecule has 1 aromatic heterocycles. The van der Waals surface area contributed by atoms with Crippen LogP contribution in [0.2, 0.25) is 0 Å². The van der Waals surface area contributed by atoms with E-state index < -0.39 is 0 Å². The smallest absolute Gasteiger partial charge is 0.273 e. The topological polar surface area (TPSA) is 93.2 Å². The molecule has 0 saturated carbocycles. The highest BCUT2D eigenvalue weighted by molar-refractivity contribution is 5.80. The largest absolute Gasteiger partial charge is 0.496 e. The van der Waals surface area contributed by atoms with Crippen LogP contribution in [0.4, 0.5) is 0 Å². The van der Waals surface area contributed by atoms with Crippen molar-refractivity contribution < 1.29 is 9.53 Å². The summed E-state index contributed by atoms with van der Waals surface area (Å²) in [5, 5.41) is 6.04. The molecule has 0 saturated heterocycles. The molecule has 0 fully saturated rings. The number of nitrogens with zero attached hydrogens (tertiary/aromatic N) is 1. The summed E-state index contributed by atoms with van der Waals surface area (Å²) in [5.74, 6) is 0.595. The van der Waals surface area contributed by atoms with Gasteiger partial charge in [-0.15, -0.1) is 0 Å². The average molecular weight is 367 g/mol. The zero-order chi connectivity index (χ0) is 19.2. The van der Waals surface area contributed by atoms with E-state index in [1.54, 1.807) is 31.4 Å². The number of methoxy groups -OCH3 is 1. The van der Waals surface area contributed by atoms with E-state index >= 15 is 0 Å². The average Bonchev–Trinajstić information content (AvgIpc) is 2.70. The van der Waals surface area contributed by atoms with Crippen molar-refractivity contribution in [3.05, 3.63) is 74.8 Å². The molecule has 2 N–H and O–H groups in total. The van der Waals surface area contributed by atoms with Gasteiger partial charge >= 0.3 is 0 Å². The van der Waals surface area contributed by atoms with Crippen LogP contribution >= 0.6 is 0 Å². The summed E-state index contributed by atoms with van der Waals surface area (Å²) >= 11 is 0. The Labute approximate surface area is 155 Å². The summed E-state index contributed by atoms with van der Waals surface area (Å²) in [7, 11) is 1.61. The monoisotopic (exact) mass is 367 g/mol. The second kappa shape index (κ2) is 8.35. The quantitative estimate of drug-likeness (QED) is 0.661. The molecule has 0 aliphatic carbocycles. The summed E-state index contributed by atoms with van der Waals surface area (Å²) in [6.07, 6.45) is 0.739. The maximum atomic E-state index is 12.4. The first-order valence-electron chi connectivity index (χ1n) is 8.70. The molecule has 1 amide bonds. The van der Waals surface area contributed by atoms with Gasteiger partial charge in [-0.2, -0.15) is 0 Å². The van der Waals surface area contributed by atoms with Gasteiger partial charge in [0.1, 0.15) is 5.75 Å². The Morgan fingerprint density at radius 1 is 1.07 bits per heavy atom. The molecule has 0 unspecified atom stereocenters. The van der Waals surface area contributed by atoms with Crippen molar-refractivity contribution in [2.75, 3.05) is 13.7 Å². The maximum Gasteiger partial charge on any atom is 0.273 e. The third-order valence-corrected chi connectivity index (χ3v) is 4.36. The fourth-order valence-corrected chi connectivity index (χ4v) is 2.95. The molecule has 3 rings (SSSR count). The van der Waals surface area contributed by atoms with Gasteiger partial charge in [-0.1, -0.05) is 30.3 Å². The van der Waals surface area contributed by atoms with Crippen LogP contribution in [-0.2, 0) is 17.8 Å². The lowest BCUT2D eigenvalue weighted by molar-refractivity contribution is -0.121. The first-order valence-corrected chi connectivity index (χ1v) is 8.70. The van der Waals surface area contributed by atoms with Gasteiger partial charge in [0.2, 0.25) is 5.91 Å². The minimum atomic E-state index is -0.346. The number of aryl methyl sites for hydroxylation is 1. The highest BCUT2D eigenvalue weighted by atomic mass is 16.5. The van der Waals surface area contributed by atoms with Crippen molar-refractivity contribution in [2.24, 2.45) is 0 Å². The van der Waals surface area contributed by atoms with Crippen LogP contribution in [0, 0.1) is 0 Å². The second-order valence-corrected chi connectivity index (χ2v) is 6.11. The lowest BCUT2D eigenvalue weighted by Gasteiger charge is -2.10. The van der Waals surface area contributed by atoms with Crippen molar-refractivity contribution in [3.63, 3.8) is 0 Å². The van der Waals surface area contributed by atoms with E-state index in [1.165, 1.54) is 4.68 Å². The summed E-state index contributed by atoms with van der Waals surface area (Å²) in [6.45, 7) is 0.571. The van der Waals surface area contributed by atoms with Crippen LogP contribution in [0.1, 0.15) is 12.0 Å². The fraction of sp³-hybridized carbons (Fsp3) is 0.250. The fourth-order valence-electron chi connectivity index (χ4n) is 2.95. The van der Waals surface area contributed by atoms with Crippen LogP contribution in [-0.4, -0.2) is 29.3 Å². The van der Waals surface area contributed by atoms with E-state index in [9.17, 15) is 14.4 Å². The van der Waals surface area contributed by atoms with E-state index in [2.05, 4.69) is 10.4 Å². The molecule has 0 aliphatic heterocycles. The number of carbonyl (C=O) groups is 1. The number of fused-ring (bicyclic) bond motifs is 1. The Kier molecular flexibility index (Phi) is 5.71. The molecular formula is C20H21N3O4. The maximum absolute atomic E-state index is 12.4. The van der Waals surface area contributed by atoms with Gasteiger partial charge in [0, 0.05) is 13.0 Å². The van der Waals surface area contributed by atoms with Crippen molar-refractivity contribution in [2.45, 2.75) is 19.4 Å². The number of para-hydroxylation sites is 1. The molecule has 0 atom stereocenters. The minimum absolute atomic E-state index is 0.0973. The van der Waals surface area contributed by atoms with Crippen molar-refractivity contribution in [3.8, 4) is 5.75 Å². The Morgan fingerprint density at radius 3 is 2.56 bits per heavy atom. The number of aromatic nitrogens is 2. The number of hydrogen-bond donors (Lipinski definition) is 2. The minimum Gasteiger partial charge on any atom is -0.496 e. The van der Waals surface area contributed by atoms with E-state index in [4.69, 9.17) is 4.74 Å². The SMILES string of the molecule is COc1ccccc1CCNC(=O)CCn1[nH]c(=O)c2ccccc2c1=O. The number of hydrogen-bond acceptors (Lipinski definition) is 4. The predicted octanol–water partition coefficient (Wildman–Crippen LogP) is 1.45. The molecule has 2 aromatic carbocycles. The van der Waals surface area contributed by atoms with Crippen LogP contribution < -0.4 is 21.2 Å². The van der Waals surface area contributed by atoms with E-state index in [1.807, 2.05) is 24.3 Å². The molecule has 7 nitrogen and oxygen atoms in total. The van der Waals surface area contributed by atoms with Crippen LogP contribution in [0.3, 0.4) is 0 Å². The van der Waals surface area contributed by atoms with E-state index in [0.29, 0.717) is 23.7 Å². The highest BCUT2D eigenvalue weighted by Crippen LogP contribution is 2.17. The van der Waals surface area contributed by atoms with Crippen molar-refractivity contribution >= 4 is 16.7 Å². The van der Waals surface area contributed by atoms with Crippen LogP contribution in [0.25, 0.3) is 10.8 Å². The molecule has 0 aliphatic rings. The Balaban J connectivity index is 1.58. The molecule has 0 bridgehead atoms. The molecule has 0 radical (unpaired) electrons. The van der Waals surface area contributed by atoms with Gasteiger partial charge in [-0.3, -0.25) is 19.5 Å². The Morgan fingerprint density at radius 2 is 1.78 bits per heavy atom. The third-order valence-electron chi connectivity index (χ3n) is 4.36. The number of ether oxygens (including phenoxy) is 1. The molecule has 7 heteroatoms. The standard InChI is InChI=1S/C20H21N3O4/c1-27-17-9-5-2-6-14(17)10-12-21-18(24)11-13-23-20(26)16-8-4-3-7-15(16)19(25)22-23/h2-9H,10-13H2,1H3,(H,21,24)(H,22,25). The summed E-state index contributed by atoms with van der Waals surface area (Å²) in [4.78, 5) is 36.5. The van der Waals surface area contributed by atoms with E-state index in [0.717, 1.165) is 11.3 Å². The van der Waals surface area contributed by atoms with Gasteiger partial charge in [0.05, 0.1) is 24.4 Å². The van der Waals surface area contributed by atoms with Gasteiger partial charge < -0.3 is 10.1 Å². The second-order valence-electron chi connectivity index (χ2n) is 6.11. The van der Waals surface area contributed by atoms with Crippen molar-refractivity contribution in [1.82, 2.24) is 15.1 Å². The van der Waals surface area contributed by atoms with E-state index in [-0.39, 0.29) is 30.0 Å². The molecule has 1 heterocycles. The number of H-pyrrole nitrogens is 1. The Bertz CT molecular complexity index is 1070. The molecule has 3 aromatic rings. The van der Waals surface area contributed by atoms with Crippen molar-refractivity contribution in [1.29, 1.82) is 0 Å². The number of amides is 1. The van der Waals surface area contributed by atoms with Gasteiger partial charge in [0.15, 0.2) is 0 Å². The number of nitrogens with one attached hydrogen (secondary N) is 2. The number of aromatic amines is 1. The summed E-state index contributed by atoms with van der Waals surface area (Å²) < 4.78 is 6.47. The summed E-state index contributed by atoms with van der Waals surface area (Å²) in [6, 6.07) is 14.3. The molecular weight excluding hydrogens is 346 g/mol. The number of rotatable bonds is 7. The predicted molar refractivity (Wildman–Crippen MR) is 103 cm³/mol. The van der Waals surface area contributed by atoms with Gasteiger partial charge in [0.25, 0.3) is 11.1 Å². The molecule has 0 spiro atoms. The first-order chi connectivity index (χ1) is 13.1. The lowest BCUT2D eigenvalue weighted by atomic mass is 10.1. The third kappa shape index (κ3) is 4.25. The number of benzene rings is 2.